The first kappa shape index (κ1) is 13.3. The number of aliphatic imine (C=N–C) groups is 1. The summed E-state index contributed by atoms with van der Waals surface area (Å²) in [4.78, 5) is 4.36. The Bertz CT molecular complexity index is 747. The van der Waals surface area contributed by atoms with Crippen LogP contribution in [0.4, 0.5) is 4.39 Å². The number of halogens is 1. The van der Waals surface area contributed by atoms with Gasteiger partial charge in [-0.05, 0) is 30.2 Å². The van der Waals surface area contributed by atoms with Gasteiger partial charge in [0.25, 0.3) is 0 Å². The van der Waals surface area contributed by atoms with Crippen LogP contribution in [0.15, 0.2) is 47.5 Å². The van der Waals surface area contributed by atoms with Gasteiger partial charge in [0.2, 0.25) is 5.90 Å². The molecule has 1 aliphatic heterocycles. The fourth-order valence-corrected chi connectivity index (χ4v) is 2.38. The van der Waals surface area contributed by atoms with Crippen LogP contribution in [0, 0.1) is 17.1 Å². The fraction of sp³-hybridized carbons (Fsp3) is 0.176. The van der Waals surface area contributed by atoms with Gasteiger partial charge in [-0.15, -0.1) is 0 Å². The van der Waals surface area contributed by atoms with E-state index >= 15 is 0 Å². The maximum atomic E-state index is 13.8. The summed E-state index contributed by atoms with van der Waals surface area (Å²) in [6.45, 7) is 0.664. The highest BCUT2D eigenvalue weighted by molar-refractivity contribution is 5.96. The van der Waals surface area contributed by atoms with Crippen LogP contribution < -0.4 is 0 Å². The predicted octanol–water partition coefficient (Wildman–Crippen LogP) is 3.22. The molecule has 1 heterocycles. The van der Waals surface area contributed by atoms with Gasteiger partial charge < -0.3 is 4.74 Å². The molecule has 4 heteroatoms. The SMILES string of the molecule is N#Cc1cccc(F)c1COC1=NCCc2ccccc21. The number of nitrogens with zero attached hydrogens (tertiary/aromatic N) is 2. The van der Waals surface area contributed by atoms with Crippen molar-refractivity contribution in [1.82, 2.24) is 0 Å². The molecular formula is C17H13FN2O. The summed E-state index contributed by atoms with van der Waals surface area (Å²) in [6, 6.07) is 14.3. The van der Waals surface area contributed by atoms with Crippen LogP contribution in [0.2, 0.25) is 0 Å². The molecule has 2 aromatic rings. The normalized spacial score (nSPS) is 13.0. The number of fused-ring (bicyclic) bond motifs is 1. The Morgan fingerprint density at radius 2 is 2.05 bits per heavy atom. The van der Waals surface area contributed by atoms with Crippen LogP contribution in [0.1, 0.15) is 22.3 Å². The van der Waals surface area contributed by atoms with E-state index in [2.05, 4.69) is 4.99 Å². The third kappa shape index (κ3) is 2.63. The van der Waals surface area contributed by atoms with Crippen molar-refractivity contribution in [3.63, 3.8) is 0 Å². The molecule has 0 fully saturated rings. The predicted molar refractivity (Wildman–Crippen MR) is 77.5 cm³/mol. The first-order chi connectivity index (χ1) is 10.3. The second kappa shape index (κ2) is 5.76. The summed E-state index contributed by atoms with van der Waals surface area (Å²) < 4.78 is 19.5. The molecule has 104 valence electrons. The maximum Gasteiger partial charge on any atom is 0.216 e. The van der Waals surface area contributed by atoms with E-state index in [-0.39, 0.29) is 12.2 Å². The lowest BCUT2D eigenvalue weighted by Gasteiger charge is -2.17. The van der Waals surface area contributed by atoms with E-state index in [1.807, 2.05) is 30.3 Å². The zero-order valence-electron chi connectivity index (χ0n) is 11.3. The summed E-state index contributed by atoms with van der Waals surface area (Å²) in [5.74, 6) is 0.0859. The topological polar surface area (TPSA) is 45.4 Å². The largest absolute Gasteiger partial charge is 0.472 e. The van der Waals surface area contributed by atoms with Crippen molar-refractivity contribution < 1.29 is 9.13 Å². The maximum absolute atomic E-state index is 13.8. The molecule has 0 atom stereocenters. The smallest absolute Gasteiger partial charge is 0.216 e. The van der Waals surface area contributed by atoms with E-state index in [1.165, 1.54) is 17.7 Å². The number of hydrogen-bond acceptors (Lipinski definition) is 3. The van der Waals surface area contributed by atoms with Crippen molar-refractivity contribution in [1.29, 1.82) is 5.26 Å². The molecule has 0 aliphatic carbocycles. The van der Waals surface area contributed by atoms with Gasteiger partial charge in [0.15, 0.2) is 0 Å². The van der Waals surface area contributed by atoms with Crippen molar-refractivity contribution in [3.8, 4) is 6.07 Å². The van der Waals surface area contributed by atoms with Crippen LogP contribution in [0.3, 0.4) is 0 Å². The van der Waals surface area contributed by atoms with Gasteiger partial charge in [-0.1, -0.05) is 24.3 Å². The van der Waals surface area contributed by atoms with Crippen molar-refractivity contribution in [3.05, 3.63) is 70.5 Å². The third-order valence-corrected chi connectivity index (χ3v) is 3.48. The number of nitriles is 1. The lowest BCUT2D eigenvalue weighted by molar-refractivity contribution is 0.284. The van der Waals surface area contributed by atoms with Crippen LogP contribution in [-0.4, -0.2) is 12.4 Å². The highest BCUT2D eigenvalue weighted by atomic mass is 19.1. The molecule has 1 aliphatic rings. The Morgan fingerprint density at radius 1 is 1.19 bits per heavy atom. The first-order valence-corrected chi connectivity index (χ1v) is 6.72. The van der Waals surface area contributed by atoms with Gasteiger partial charge in [0, 0.05) is 17.7 Å². The molecule has 2 aromatic carbocycles. The molecule has 0 saturated carbocycles. The van der Waals surface area contributed by atoms with Gasteiger partial charge in [-0.2, -0.15) is 5.26 Å². The monoisotopic (exact) mass is 280 g/mol. The summed E-state index contributed by atoms with van der Waals surface area (Å²) in [7, 11) is 0. The van der Waals surface area contributed by atoms with E-state index in [1.54, 1.807) is 6.07 Å². The van der Waals surface area contributed by atoms with Gasteiger partial charge >= 0.3 is 0 Å². The lowest BCUT2D eigenvalue weighted by atomic mass is 10.0. The molecule has 3 rings (SSSR count). The van der Waals surface area contributed by atoms with Crippen molar-refractivity contribution in [2.24, 2.45) is 4.99 Å². The second-order valence-electron chi connectivity index (χ2n) is 4.76. The molecule has 0 unspecified atom stereocenters. The summed E-state index contributed by atoms with van der Waals surface area (Å²) in [5, 5.41) is 9.04. The Balaban J connectivity index is 1.84. The summed E-state index contributed by atoms with van der Waals surface area (Å²) in [6.07, 6.45) is 0.881. The van der Waals surface area contributed by atoms with E-state index in [9.17, 15) is 4.39 Å². The Labute approximate surface area is 122 Å². The molecule has 0 radical (unpaired) electrons. The molecule has 3 nitrogen and oxygen atoms in total. The van der Waals surface area contributed by atoms with E-state index in [0.29, 0.717) is 18.0 Å². The van der Waals surface area contributed by atoms with Crippen LogP contribution in [0.5, 0.6) is 0 Å². The van der Waals surface area contributed by atoms with Crippen molar-refractivity contribution in [2.75, 3.05) is 6.54 Å². The molecule has 0 amide bonds. The average Bonchev–Trinajstić information content (AvgIpc) is 2.53. The minimum Gasteiger partial charge on any atom is -0.472 e. The van der Waals surface area contributed by atoms with Gasteiger partial charge in [-0.3, -0.25) is 4.99 Å². The highest BCUT2D eigenvalue weighted by Crippen LogP contribution is 2.19. The minimum absolute atomic E-state index is 0.00271. The molecule has 0 aromatic heterocycles. The number of hydrogen-bond donors (Lipinski definition) is 0. The quantitative estimate of drug-likeness (QED) is 0.848. The summed E-state index contributed by atoms with van der Waals surface area (Å²) in [5.41, 5.74) is 2.68. The van der Waals surface area contributed by atoms with Gasteiger partial charge in [0.1, 0.15) is 12.4 Å². The highest BCUT2D eigenvalue weighted by Gasteiger charge is 2.16. The van der Waals surface area contributed by atoms with E-state index in [0.717, 1.165) is 12.0 Å². The summed E-state index contributed by atoms with van der Waals surface area (Å²) >= 11 is 0. The molecule has 0 bridgehead atoms. The van der Waals surface area contributed by atoms with E-state index < -0.39 is 5.82 Å². The minimum atomic E-state index is -0.432. The molecule has 0 N–H and O–H groups in total. The standard InChI is InChI=1S/C17H13FN2O/c18-16-7-3-5-13(10-19)15(16)11-21-17-14-6-2-1-4-12(14)8-9-20-17/h1-7H,8-9,11H2. The number of rotatable bonds is 2. The lowest BCUT2D eigenvalue weighted by Crippen LogP contribution is -2.16. The van der Waals surface area contributed by atoms with Gasteiger partial charge in [0.05, 0.1) is 11.6 Å². The number of ether oxygens (including phenoxy) is 1. The van der Waals surface area contributed by atoms with Crippen LogP contribution in [-0.2, 0) is 17.8 Å². The third-order valence-electron chi connectivity index (χ3n) is 3.48. The average molecular weight is 280 g/mol. The molecule has 0 saturated heterocycles. The zero-order chi connectivity index (χ0) is 14.7. The number of benzene rings is 2. The van der Waals surface area contributed by atoms with Crippen LogP contribution in [0.25, 0.3) is 0 Å². The van der Waals surface area contributed by atoms with Crippen molar-refractivity contribution >= 4 is 5.90 Å². The zero-order valence-corrected chi connectivity index (χ0v) is 11.3. The van der Waals surface area contributed by atoms with Gasteiger partial charge in [-0.25, -0.2) is 4.39 Å². The second-order valence-corrected chi connectivity index (χ2v) is 4.76. The Morgan fingerprint density at radius 3 is 2.90 bits per heavy atom. The fourth-order valence-electron chi connectivity index (χ4n) is 2.38. The van der Waals surface area contributed by atoms with Crippen LogP contribution >= 0.6 is 0 Å². The molecule has 21 heavy (non-hydrogen) atoms. The van der Waals surface area contributed by atoms with Crippen molar-refractivity contribution in [2.45, 2.75) is 13.0 Å². The first-order valence-electron chi connectivity index (χ1n) is 6.72. The van der Waals surface area contributed by atoms with E-state index in [4.69, 9.17) is 10.00 Å². The molecular weight excluding hydrogens is 267 g/mol. The Kier molecular flexibility index (Phi) is 3.65. The Hall–Kier alpha value is -2.67. The molecule has 0 spiro atoms.